The van der Waals surface area contributed by atoms with Crippen LogP contribution >= 0.6 is 22.9 Å². The highest BCUT2D eigenvalue weighted by atomic mass is 35.5. The molecule has 130 valence electrons. The number of carbonyl (C=O) groups excluding carboxylic acids is 1. The molecule has 8 heteroatoms. The van der Waals surface area contributed by atoms with Crippen LogP contribution in [0.15, 0.2) is 30.3 Å². The summed E-state index contributed by atoms with van der Waals surface area (Å²) in [6, 6.07) is 9.60. The Morgan fingerprint density at radius 1 is 1.24 bits per heavy atom. The number of aryl methyl sites for hydroxylation is 1. The number of hydrogen-bond donors (Lipinski definition) is 1. The van der Waals surface area contributed by atoms with Crippen LogP contribution in [0, 0.1) is 6.92 Å². The highest BCUT2D eigenvalue weighted by Gasteiger charge is 2.21. The standard InChI is InChI=1S/C17H16ClN3O3S/c1-10-12-14(19-11-6-4-3-5-7-11)20-17(18)21-15(12)25-13(10)16(22)24-9-8-23-2/h3-7H,8-9H2,1-2H3,(H,19,20,21). The van der Waals surface area contributed by atoms with Crippen molar-refractivity contribution in [2.45, 2.75) is 6.92 Å². The monoisotopic (exact) mass is 377 g/mol. The lowest BCUT2D eigenvalue weighted by Gasteiger charge is -2.08. The van der Waals surface area contributed by atoms with E-state index in [9.17, 15) is 4.79 Å². The maximum absolute atomic E-state index is 12.3. The third kappa shape index (κ3) is 3.89. The summed E-state index contributed by atoms with van der Waals surface area (Å²) in [7, 11) is 1.55. The van der Waals surface area contributed by atoms with Gasteiger partial charge in [-0.1, -0.05) is 18.2 Å². The Bertz CT molecular complexity index is 899. The van der Waals surface area contributed by atoms with Crippen molar-refractivity contribution < 1.29 is 14.3 Å². The number of benzene rings is 1. The highest BCUT2D eigenvalue weighted by molar-refractivity contribution is 7.20. The molecular formula is C17H16ClN3O3S. The molecule has 0 aliphatic carbocycles. The number of thiophene rings is 1. The molecular weight excluding hydrogens is 362 g/mol. The molecule has 0 atom stereocenters. The predicted molar refractivity (Wildman–Crippen MR) is 99.0 cm³/mol. The zero-order valence-corrected chi connectivity index (χ0v) is 15.3. The number of fused-ring (bicyclic) bond motifs is 1. The molecule has 0 aliphatic rings. The third-order valence-electron chi connectivity index (χ3n) is 3.51. The van der Waals surface area contributed by atoms with E-state index in [4.69, 9.17) is 21.1 Å². The first-order valence-corrected chi connectivity index (χ1v) is 8.74. The fourth-order valence-corrected chi connectivity index (χ4v) is 3.63. The Morgan fingerprint density at radius 2 is 2.00 bits per heavy atom. The molecule has 0 radical (unpaired) electrons. The van der Waals surface area contributed by atoms with Crippen molar-refractivity contribution in [3.63, 3.8) is 0 Å². The van der Waals surface area contributed by atoms with Gasteiger partial charge in [0, 0.05) is 12.8 Å². The number of rotatable bonds is 6. The lowest BCUT2D eigenvalue weighted by molar-refractivity contribution is 0.0393. The topological polar surface area (TPSA) is 73.3 Å². The molecule has 0 fully saturated rings. The smallest absolute Gasteiger partial charge is 0.348 e. The van der Waals surface area contributed by atoms with Gasteiger partial charge in [0.05, 0.1) is 12.0 Å². The highest BCUT2D eigenvalue weighted by Crippen LogP contribution is 2.36. The number of hydrogen-bond acceptors (Lipinski definition) is 7. The van der Waals surface area contributed by atoms with Crippen LogP contribution in [-0.4, -0.2) is 36.3 Å². The van der Waals surface area contributed by atoms with Gasteiger partial charge in [-0.05, 0) is 36.2 Å². The van der Waals surface area contributed by atoms with E-state index in [0.717, 1.165) is 16.6 Å². The second kappa shape index (κ2) is 7.77. The van der Waals surface area contributed by atoms with Crippen LogP contribution in [0.4, 0.5) is 11.5 Å². The molecule has 0 bridgehead atoms. The molecule has 1 N–H and O–H groups in total. The van der Waals surface area contributed by atoms with Gasteiger partial charge in [-0.15, -0.1) is 11.3 Å². The molecule has 0 saturated heterocycles. The Kier molecular flexibility index (Phi) is 5.47. The number of ether oxygens (including phenoxy) is 2. The number of esters is 1. The van der Waals surface area contributed by atoms with Crippen LogP contribution in [0.25, 0.3) is 10.2 Å². The molecule has 0 spiro atoms. The average Bonchev–Trinajstić information content (AvgIpc) is 2.92. The lowest BCUT2D eigenvalue weighted by Crippen LogP contribution is -2.09. The quantitative estimate of drug-likeness (QED) is 0.394. The predicted octanol–water partition coefficient (Wildman–Crippen LogP) is 4.20. The molecule has 0 aliphatic heterocycles. The molecule has 3 rings (SSSR count). The van der Waals surface area contributed by atoms with Gasteiger partial charge in [-0.2, -0.15) is 4.98 Å². The number of nitrogens with zero attached hydrogens (tertiary/aromatic N) is 2. The molecule has 0 amide bonds. The van der Waals surface area contributed by atoms with Crippen LogP contribution in [-0.2, 0) is 9.47 Å². The van der Waals surface area contributed by atoms with Crippen molar-refractivity contribution >= 4 is 50.6 Å². The number of nitrogens with one attached hydrogen (secondary N) is 1. The summed E-state index contributed by atoms with van der Waals surface area (Å²) in [5, 5.41) is 4.11. The zero-order chi connectivity index (χ0) is 17.8. The lowest BCUT2D eigenvalue weighted by atomic mass is 10.2. The number of aromatic nitrogens is 2. The van der Waals surface area contributed by atoms with Crippen molar-refractivity contribution in [3.05, 3.63) is 46.1 Å². The van der Waals surface area contributed by atoms with E-state index < -0.39 is 5.97 Å². The average molecular weight is 378 g/mol. The second-order valence-electron chi connectivity index (χ2n) is 5.20. The van der Waals surface area contributed by atoms with Crippen molar-refractivity contribution in [1.29, 1.82) is 0 Å². The third-order valence-corrected chi connectivity index (χ3v) is 4.84. The summed E-state index contributed by atoms with van der Waals surface area (Å²) in [6.45, 7) is 2.39. The summed E-state index contributed by atoms with van der Waals surface area (Å²) >= 11 is 7.28. The Labute approximate surface area is 153 Å². The summed E-state index contributed by atoms with van der Waals surface area (Å²) in [5.41, 5.74) is 1.63. The van der Waals surface area contributed by atoms with Gasteiger partial charge in [-0.3, -0.25) is 0 Å². The van der Waals surface area contributed by atoms with Crippen LogP contribution in [0.1, 0.15) is 15.2 Å². The van der Waals surface area contributed by atoms with Gasteiger partial charge in [0.2, 0.25) is 5.28 Å². The van der Waals surface area contributed by atoms with E-state index in [1.54, 1.807) is 7.11 Å². The van der Waals surface area contributed by atoms with Gasteiger partial charge in [0.25, 0.3) is 0 Å². The van der Waals surface area contributed by atoms with E-state index in [-0.39, 0.29) is 11.9 Å². The molecule has 1 aromatic carbocycles. The second-order valence-corrected chi connectivity index (χ2v) is 6.53. The minimum atomic E-state index is -0.403. The van der Waals surface area contributed by atoms with E-state index in [1.807, 2.05) is 37.3 Å². The summed E-state index contributed by atoms with van der Waals surface area (Å²) < 4.78 is 10.1. The molecule has 3 aromatic rings. The van der Waals surface area contributed by atoms with Gasteiger partial charge >= 0.3 is 5.97 Å². The van der Waals surface area contributed by atoms with Crippen molar-refractivity contribution in [2.24, 2.45) is 0 Å². The number of methoxy groups -OCH3 is 1. The first-order valence-electron chi connectivity index (χ1n) is 7.55. The number of anilines is 2. The molecule has 0 saturated carbocycles. The van der Waals surface area contributed by atoms with Crippen LogP contribution in [0.5, 0.6) is 0 Å². The molecule has 25 heavy (non-hydrogen) atoms. The van der Waals surface area contributed by atoms with Gasteiger partial charge in [0.1, 0.15) is 22.1 Å². The molecule has 2 aromatic heterocycles. The van der Waals surface area contributed by atoms with E-state index in [1.165, 1.54) is 11.3 Å². The van der Waals surface area contributed by atoms with E-state index >= 15 is 0 Å². The van der Waals surface area contributed by atoms with Gasteiger partial charge in [0.15, 0.2) is 0 Å². The first-order chi connectivity index (χ1) is 12.1. The minimum Gasteiger partial charge on any atom is -0.459 e. The summed E-state index contributed by atoms with van der Waals surface area (Å²) in [5.74, 6) is 0.158. The molecule has 6 nitrogen and oxygen atoms in total. The van der Waals surface area contributed by atoms with E-state index in [2.05, 4.69) is 15.3 Å². The summed E-state index contributed by atoms with van der Waals surface area (Å²) in [4.78, 5) is 21.9. The number of carbonyl (C=O) groups is 1. The number of halogens is 1. The zero-order valence-electron chi connectivity index (χ0n) is 13.7. The normalized spacial score (nSPS) is 10.8. The van der Waals surface area contributed by atoms with E-state index in [0.29, 0.717) is 22.1 Å². The van der Waals surface area contributed by atoms with Gasteiger partial charge in [-0.25, -0.2) is 9.78 Å². The first kappa shape index (κ1) is 17.6. The maximum atomic E-state index is 12.3. The maximum Gasteiger partial charge on any atom is 0.348 e. The molecule has 0 unspecified atom stereocenters. The Balaban J connectivity index is 1.99. The van der Waals surface area contributed by atoms with Crippen LogP contribution < -0.4 is 5.32 Å². The fourth-order valence-electron chi connectivity index (χ4n) is 2.34. The van der Waals surface area contributed by atoms with Crippen molar-refractivity contribution in [1.82, 2.24) is 9.97 Å². The summed E-state index contributed by atoms with van der Waals surface area (Å²) in [6.07, 6.45) is 0. The Morgan fingerprint density at radius 3 is 2.72 bits per heavy atom. The number of para-hydroxylation sites is 1. The van der Waals surface area contributed by atoms with Crippen molar-refractivity contribution in [2.75, 3.05) is 25.6 Å². The van der Waals surface area contributed by atoms with Gasteiger partial charge < -0.3 is 14.8 Å². The molecule has 2 heterocycles. The fraction of sp³-hybridized carbons (Fsp3) is 0.235. The van der Waals surface area contributed by atoms with Crippen LogP contribution in [0.2, 0.25) is 5.28 Å². The largest absolute Gasteiger partial charge is 0.459 e. The Hall–Kier alpha value is -2.22. The minimum absolute atomic E-state index is 0.117. The van der Waals surface area contributed by atoms with Crippen LogP contribution in [0.3, 0.4) is 0 Å². The van der Waals surface area contributed by atoms with Crippen molar-refractivity contribution in [3.8, 4) is 0 Å². The SMILES string of the molecule is COCCOC(=O)c1sc2nc(Cl)nc(Nc3ccccc3)c2c1C.